The smallest absolute Gasteiger partial charge is 0.0417 e. The summed E-state index contributed by atoms with van der Waals surface area (Å²) >= 11 is 0. The lowest BCUT2D eigenvalue weighted by molar-refractivity contribution is 0.539. The highest BCUT2D eigenvalue weighted by Crippen LogP contribution is 2.32. The van der Waals surface area contributed by atoms with Crippen LogP contribution in [0.3, 0.4) is 0 Å². The normalized spacial score (nSPS) is 19.3. The van der Waals surface area contributed by atoms with Gasteiger partial charge in [0.25, 0.3) is 0 Å². The second-order valence-electron chi connectivity index (χ2n) is 4.45. The van der Waals surface area contributed by atoms with Crippen molar-refractivity contribution in [3.63, 3.8) is 0 Å². The third kappa shape index (κ3) is 1.94. The summed E-state index contributed by atoms with van der Waals surface area (Å²) in [7, 11) is 0. The van der Waals surface area contributed by atoms with Crippen LogP contribution in [0.25, 0.3) is 0 Å². The zero-order valence-corrected chi connectivity index (χ0v) is 10.6. The lowest BCUT2D eigenvalue weighted by Gasteiger charge is -2.31. The second-order valence-corrected chi connectivity index (χ2v) is 4.45. The Bertz CT molecular complexity index is 356. The summed E-state index contributed by atoms with van der Waals surface area (Å²) in [6.45, 7) is 9.99. The largest absolute Gasteiger partial charge is 0.372 e. The van der Waals surface area contributed by atoms with E-state index in [1.807, 2.05) is 0 Å². The van der Waals surface area contributed by atoms with Crippen molar-refractivity contribution in [1.29, 1.82) is 0 Å². The SMILES string of the molecule is CCN(CC)c1cccc2c1C(C)NCC2. The van der Waals surface area contributed by atoms with E-state index >= 15 is 0 Å². The number of hydrogen-bond donors (Lipinski definition) is 1. The molecule has 0 saturated heterocycles. The summed E-state index contributed by atoms with van der Waals surface area (Å²) in [6.07, 6.45) is 1.16. The Morgan fingerprint density at radius 1 is 1.31 bits per heavy atom. The first kappa shape index (κ1) is 11.5. The van der Waals surface area contributed by atoms with Gasteiger partial charge in [0.05, 0.1) is 0 Å². The third-order valence-corrected chi connectivity index (χ3v) is 3.56. The van der Waals surface area contributed by atoms with Crippen LogP contribution in [0, 0.1) is 0 Å². The summed E-state index contributed by atoms with van der Waals surface area (Å²) in [4.78, 5) is 2.45. The summed E-state index contributed by atoms with van der Waals surface area (Å²) in [6, 6.07) is 7.22. The molecule has 1 aromatic carbocycles. The van der Waals surface area contributed by atoms with Gasteiger partial charge in [-0.25, -0.2) is 0 Å². The van der Waals surface area contributed by atoms with Gasteiger partial charge < -0.3 is 10.2 Å². The van der Waals surface area contributed by atoms with Gasteiger partial charge in [0.2, 0.25) is 0 Å². The maximum Gasteiger partial charge on any atom is 0.0417 e. The number of anilines is 1. The Morgan fingerprint density at radius 2 is 2.06 bits per heavy atom. The van der Waals surface area contributed by atoms with E-state index in [1.54, 1.807) is 0 Å². The lowest BCUT2D eigenvalue weighted by atomic mass is 9.93. The Balaban J connectivity index is 2.45. The van der Waals surface area contributed by atoms with Gasteiger partial charge in [0.1, 0.15) is 0 Å². The van der Waals surface area contributed by atoms with E-state index in [9.17, 15) is 0 Å². The molecule has 0 aliphatic carbocycles. The Labute approximate surface area is 98.7 Å². The topological polar surface area (TPSA) is 15.3 Å². The van der Waals surface area contributed by atoms with E-state index in [-0.39, 0.29) is 0 Å². The van der Waals surface area contributed by atoms with Crippen molar-refractivity contribution in [2.24, 2.45) is 0 Å². The van der Waals surface area contributed by atoms with Crippen LogP contribution in [0.5, 0.6) is 0 Å². The van der Waals surface area contributed by atoms with Crippen LogP contribution in [-0.4, -0.2) is 19.6 Å². The molecule has 0 saturated carbocycles. The molecule has 88 valence electrons. The quantitative estimate of drug-likeness (QED) is 0.839. The first-order valence-electron chi connectivity index (χ1n) is 6.38. The fourth-order valence-electron chi connectivity index (χ4n) is 2.68. The average Bonchev–Trinajstić information content (AvgIpc) is 2.31. The molecule has 0 fully saturated rings. The van der Waals surface area contributed by atoms with Crippen LogP contribution in [0.1, 0.15) is 37.9 Å². The molecule has 16 heavy (non-hydrogen) atoms. The molecule has 0 bridgehead atoms. The van der Waals surface area contributed by atoms with Gasteiger partial charge in [-0.2, -0.15) is 0 Å². The minimum absolute atomic E-state index is 0.487. The number of rotatable bonds is 3. The molecule has 0 spiro atoms. The summed E-state index contributed by atoms with van der Waals surface area (Å²) in [5.74, 6) is 0. The number of nitrogens with zero attached hydrogens (tertiary/aromatic N) is 1. The van der Waals surface area contributed by atoms with Gasteiger partial charge in [-0.3, -0.25) is 0 Å². The number of nitrogens with one attached hydrogen (secondary N) is 1. The molecular formula is C14H22N2. The van der Waals surface area contributed by atoms with Gasteiger partial charge in [0, 0.05) is 24.8 Å². The molecule has 0 aromatic heterocycles. The first-order chi connectivity index (χ1) is 7.77. The number of hydrogen-bond acceptors (Lipinski definition) is 2. The highest BCUT2D eigenvalue weighted by Gasteiger charge is 2.20. The molecule has 1 unspecified atom stereocenters. The van der Waals surface area contributed by atoms with Crippen molar-refractivity contribution in [1.82, 2.24) is 5.32 Å². The molecule has 1 heterocycles. The summed E-state index contributed by atoms with van der Waals surface area (Å²) in [5, 5.41) is 3.55. The lowest BCUT2D eigenvalue weighted by Crippen LogP contribution is -2.31. The molecule has 2 rings (SSSR count). The monoisotopic (exact) mass is 218 g/mol. The highest BCUT2D eigenvalue weighted by molar-refractivity contribution is 5.58. The third-order valence-electron chi connectivity index (χ3n) is 3.56. The van der Waals surface area contributed by atoms with Crippen LogP contribution < -0.4 is 10.2 Å². The number of benzene rings is 1. The Kier molecular flexibility index (Phi) is 3.49. The molecule has 1 atom stereocenters. The van der Waals surface area contributed by atoms with Crippen LogP contribution in [0.2, 0.25) is 0 Å². The van der Waals surface area contributed by atoms with Crippen LogP contribution in [0.15, 0.2) is 18.2 Å². The van der Waals surface area contributed by atoms with E-state index in [0.717, 1.165) is 26.1 Å². The molecule has 1 N–H and O–H groups in total. The molecule has 1 aliphatic heterocycles. The van der Waals surface area contributed by atoms with Crippen molar-refractivity contribution < 1.29 is 0 Å². The molecule has 0 radical (unpaired) electrons. The fourth-order valence-corrected chi connectivity index (χ4v) is 2.68. The molecule has 1 aromatic rings. The van der Waals surface area contributed by atoms with Crippen molar-refractivity contribution in [3.05, 3.63) is 29.3 Å². The maximum atomic E-state index is 3.55. The van der Waals surface area contributed by atoms with E-state index in [0.29, 0.717) is 6.04 Å². The highest BCUT2D eigenvalue weighted by atomic mass is 15.1. The summed E-state index contributed by atoms with van der Waals surface area (Å²) in [5.41, 5.74) is 4.45. The van der Waals surface area contributed by atoms with Crippen LogP contribution >= 0.6 is 0 Å². The van der Waals surface area contributed by atoms with Crippen molar-refractivity contribution in [2.45, 2.75) is 33.2 Å². The maximum absolute atomic E-state index is 3.55. The molecular weight excluding hydrogens is 196 g/mol. The zero-order valence-electron chi connectivity index (χ0n) is 10.6. The molecule has 2 heteroatoms. The first-order valence-corrected chi connectivity index (χ1v) is 6.38. The number of fused-ring (bicyclic) bond motifs is 1. The van der Waals surface area contributed by atoms with Crippen molar-refractivity contribution in [2.75, 3.05) is 24.5 Å². The predicted molar refractivity (Wildman–Crippen MR) is 70.1 cm³/mol. The minimum atomic E-state index is 0.487. The van der Waals surface area contributed by atoms with E-state index in [2.05, 4.69) is 49.2 Å². The van der Waals surface area contributed by atoms with Gasteiger partial charge >= 0.3 is 0 Å². The summed E-state index contributed by atoms with van der Waals surface area (Å²) < 4.78 is 0. The fraction of sp³-hybridized carbons (Fsp3) is 0.571. The Morgan fingerprint density at radius 3 is 2.75 bits per heavy atom. The van der Waals surface area contributed by atoms with Gasteiger partial charge in [-0.05, 0) is 50.9 Å². The van der Waals surface area contributed by atoms with Crippen LogP contribution in [0.4, 0.5) is 5.69 Å². The van der Waals surface area contributed by atoms with E-state index < -0.39 is 0 Å². The van der Waals surface area contributed by atoms with E-state index in [4.69, 9.17) is 0 Å². The van der Waals surface area contributed by atoms with Crippen LogP contribution in [-0.2, 0) is 6.42 Å². The molecule has 0 amide bonds. The second kappa shape index (κ2) is 4.88. The zero-order chi connectivity index (χ0) is 11.5. The molecule has 2 nitrogen and oxygen atoms in total. The van der Waals surface area contributed by atoms with Crippen molar-refractivity contribution >= 4 is 5.69 Å². The van der Waals surface area contributed by atoms with Gasteiger partial charge in [-0.1, -0.05) is 12.1 Å². The van der Waals surface area contributed by atoms with E-state index in [1.165, 1.54) is 16.8 Å². The van der Waals surface area contributed by atoms with Gasteiger partial charge in [0.15, 0.2) is 0 Å². The molecule has 1 aliphatic rings. The predicted octanol–water partition coefficient (Wildman–Crippen LogP) is 2.74. The Hall–Kier alpha value is -1.02. The average molecular weight is 218 g/mol. The van der Waals surface area contributed by atoms with Crippen molar-refractivity contribution in [3.8, 4) is 0 Å². The standard InChI is InChI=1S/C14H22N2/c1-4-16(5-2)13-8-6-7-12-9-10-15-11(3)14(12)13/h6-8,11,15H,4-5,9-10H2,1-3H3. The minimum Gasteiger partial charge on any atom is -0.372 e. The van der Waals surface area contributed by atoms with Gasteiger partial charge in [-0.15, -0.1) is 0 Å².